The molecule has 0 fully saturated rings. The van der Waals surface area contributed by atoms with E-state index in [0.29, 0.717) is 6.54 Å². The van der Waals surface area contributed by atoms with Crippen molar-refractivity contribution >= 4 is 28.6 Å². The highest BCUT2D eigenvalue weighted by Gasteiger charge is 2.25. The topological polar surface area (TPSA) is 29.3 Å². The summed E-state index contributed by atoms with van der Waals surface area (Å²) in [6, 6.07) is 10.7. The molecule has 0 spiro atoms. The van der Waals surface area contributed by atoms with Crippen molar-refractivity contribution in [2.45, 2.75) is 6.42 Å². The molecule has 2 N–H and O–H groups in total. The molecule has 1 aliphatic rings. The Morgan fingerprint density at radius 1 is 1.05 bits per heavy atom. The molecule has 0 atom stereocenters. The first-order valence-electron chi connectivity index (χ1n) is 6.23. The zero-order valence-electron chi connectivity index (χ0n) is 10.6. The SMILES string of the molecule is NC(=S)c1ccc(N2CCc3ccccc32)c(F)c1F. The lowest BCUT2D eigenvalue weighted by molar-refractivity contribution is 0.507. The van der Waals surface area contributed by atoms with Crippen LogP contribution in [0, 0.1) is 11.6 Å². The number of anilines is 2. The summed E-state index contributed by atoms with van der Waals surface area (Å²) in [5, 5.41) is 0. The number of benzene rings is 2. The maximum Gasteiger partial charge on any atom is 0.183 e. The molecule has 1 heterocycles. The molecule has 20 heavy (non-hydrogen) atoms. The summed E-state index contributed by atoms with van der Waals surface area (Å²) < 4.78 is 28.2. The minimum Gasteiger partial charge on any atom is -0.389 e. The molecule has 0 aromatic heterocycles. The average Bonchev–Trinajstić information content (AvgIpc) is 2.85. The molecule has 1 aliphatic heterocycles. The molecule has 2 aromatic carbocycles. The average molecular weight is 290 g/mol. The van der Waals surface area contributed by atoms with Gasteiger partial charge in [0.05, 0.1) is 5.69 Å². The Kier molecular flexibility index (Phi) is 3.14. The lowest BCUT2D eigenvalue weighted by Gasteiger charge is -2.21. The van der Waals surface area contributed by atoms with E-state index in [1.807, 2.05) is 24.3 Å². The third kappa shape index (κ3) is 1.94. The normalized spacial score (nSPS) is 13.4. The van der Waals surface area contributed by atoms with Gasteiger partial charge < -0.3 is 10.6 Å². The lowest BCUT2D eigenvalue weighted by atomic mass is 10.1. The van der Waals surface area contributed by atoms with E-state index in [9.17, 15) is 8.78 Å². The van der Waals surface area contributed by atoms with E-state index < -0.39 is 11.6 Å². The van der Waals surface area contributed by atoms with Crippen LogP contribution in [0.15, 0.2) is 36.4 Å². The number of thiocarbonyl (C=S) groups is 1. The zero-order chi connectivity index (χ0) is 14.3. The molecule has 0 amide bonds. The molecule has 0 bridgehead atoms. The predicted molar refractivity (Wildman–Crippen MR) is 79.4 cm³/mol. The third-order valence-electron chi connectivity index (χ3n) is 3.51. The summed E-state index contributed by atoms with van der Waals surface area (Å²) in [5.74, 6) is -1.90. The van der Waals surface area contributed by atoms with Gasteiger partial charge in [0.25, 0.3) is 0 Å². The molecular formula is C15H12F2N2S. The number of para-hydroxylation sites is 1. The molecule has 0 saturated carbocycles. The van der Waals surface area contributed by atoms with Crippen molar-refractivity contribution in [1.82, 2.24) is 0 Å². The number of hydrogen-bond acceptors (Lipinski definition) is 2. The summed E-state index contributed by atoms with van der Waals surface area (Å²) in [6.07, 6.45) is 0.814. The molecule has 0 saturated heterocycles. The van der Waals surface area contributed by atoms with E-state index in [4.69, 9.17) is 18.0 Å². The molecule has 0 radical (unpaired) electrons. The van der Waals surface area contributed by atoms with Crippen LogP contribution in [0.25, 0.3) is 0 Å². The maximum atomic E-state index is 14.2. The van der Waals surface area contributed by atoms with Crippen LogP contribution in [0.3, 0.4) is 0 Å². The van der Waals surface area contributed by atoms with Crippen molar-refractivity contribution in [3.8, 4) is 0 Å². The Morgan fingerprint density at radius 2 is 1.80 bits per heavy atom. The van der Waals surface area contributed by atoms with Crippen LogP contribution in [0.1, 0.15) is 11.1 Å². The summed E-state index contributed by atoms with van der Waals surface area (Å²) in [5.41, 5.74) is 7.57. The van der Waals surface area contributed by atoms with Gasteiger partial charge in [-0.15, -0.1) is 0 Å². The van der Waals surface area contributed by atoms with Gasteiger partial charge in [0.2, 0.25) is 0 Å². The standard InChI is InChI=1S/C15H12F2N2S/c16-13-10(15(18)20)5-6-12(14(13)17)19-8-7-9-3-1-2-4-11(9)19/h1-6H,7-8H2,(H2,18,20). The molecule has 0 unspecified atom stereocenters. The Morgan fingerprint density at radius 3 is 2.55 bits per heavy atom. The molecule has 2 aromatic rings. The van der Waals surface area contributed by atoms with Crippen molar-refractivity contribution in [2.24, 2.45) is 5.73 Å². The van der Waals surface area contributed by atoms with Crippen molar-refractivity contribution in [3.05, 3.63) is 59.2 Å². The maximum absolute atomic E-state index is 14.2. The van der Waals surface area contributed by atoms with Crippen molar-refractivity contribution in [3.63, 3.8) is 0 Å². The quantitative estimate of drug-likeness (QED) is 0.861. The minimum absolute atomic E-state index is 0.0614. The highest BCUT2D eigenvalue weighted by molar-refractivity contribution is 7.80. The van der Waals surface area contributed by atoms with E-state index in [1.54, 1.807) is 4.90 Å². The van der Waals surface area contributed by atoms with Crippen LogP contribution in [0.5, 0.6) is 0 Å². The van der Waals surface area contributed by atoms with Crippen LogP contribution in [0.2, 0.25) is 0 Å². The van der Waals surface area contributed by atoms with Gasteiger partial charge in [0, 0.05) is 17.8 Å². The van der Waals surface area contributed by atoms with E-state index in [1.165, 1.54) is 12.1 Å². The summed E-state index contributed by atoms with van der Waals surface area (Å²) in [6.45, 7) is 0.627. The summed E-state index contributed by atoms with van der Waals surface area (Å²) in [4.78, 5) is 1.63. The van der Waals surface area contributed by atoms with Crippen LogP contribution in [-0.2, 0) is 6.42 Å². The molecule has 3 rings (SSSR count). The van der Waals surface area contributed by atoms with Crippen LogP contribution >= 0.6 is 12.2 Å². The first-order chi connectivity index (χ1) is 9.59. The number of halogens is 2. The highest BCUT2D eigenvalue weighted by atomic mass is 32.1. The van der Waals surface area contributed by atoms with Gasteiger partial charge in [-0.3, -0.25) is 0 Å². The number of hydrogen-bond donors (Lipinski definition) is 1. The monoisotopic (exact) mass is 290 g/mol. The fourth-order valence-corrected chi connectivity index (χ4v) is 2.68. The van der Waals surface area contributed by atoms with Gasteiger partial charge in [-0.1, -0.05) is 30.4 Å². The van der Waals surface area contributed by atoms with Gasteiger partial charge >= 0.3 is 0 Å². The molecule has 102 valence electrons. The van der Waals surface area contributed by atoms with Gasteiger partial charge in [-0.2, -0.15) is 0 Å². The largest absolute Gasteiger partial charge is 0.389 e. The third-order valence-corrected chi connectivity index (χ3v) is 3.73. The second-order valence-corrected chi connectivity index (χ2v) is 5.09. The van der Waals surface area contributed by atoms with Gasteiger partial charge in [0.1, 0.15) is 4.99 Å². The lowest BCUT2D eigenvalue weighted by Crippen LogP contribution is -2.18. The molecule has 0 aliphatic carbocycles. The highest BCUT2D eigenvalue weighted by Crippen LogP contribution is 2.36. The predicted octanol–water partition coefficient (Wildman–Crippen LogP) is 3.29. The van der Waals surface area contributed by atoms with Gasteiger partial charge in [-0.25, -0.2) is 8.78 Å². The van der Waals surface area contributed by atoms with E-state index in [0.717, 1.165) is 17.7 Å². The number of rotatable bonds is 2. The number of fused-ring (bicyclic) bond motifs is 1. The fourth-order valence-electron chi connectivity index (χ4n) is 2.53. The number of nitrogens with two attached hydrogens (primary N) is 1. The summed E-state index contributed by atoms with van der Waals surface area (Å²) >= 11 is 4.71. The Balaban J connectivity index is 2.09. The zero-order valence-corrected chi connectivity index (χ0v) is 11.4. The Labute approximate surface area is 120 Å². The fraction of sp³-hybridized carbons (Fsp3) is 0.133. The second-order valence-electron chi connectivity index (χ2n) is 4.65. The molecule has 2 nitrogen and oxygen atoms in total. The van der Waals surface area contributed by atoms with E-state index >= 15 is 0 Å². The van der Waals surface area contributed by atoms with E-state index in [2.05, 4.69) is 0 Å². The number of nitrogens with zero attached hydrogens (tertiary/aromatic N) is 1. The van der Waals surface area contributed by atoms with Crippen molar-refractivity contribution in [2.75, 3.05) is 11.4 Å². The molecule has 5 heteroatoms. The second kappa shape index (κ2) is 4.83. The first kappa shape index (κ1) is 13.0. The summed E-state index contributed by atoms with van der Waals surface area (Å²) in [7, 11) is 0. The van der Waals surface area contributed by atoms with E-state index in [-0.39, 0.29) is 16.2 Å². The first-order valence-corrected chi connectivity index (χ1v) is 6.63. The van der Waals surface area contributed by atoms with Crippen molar-refractivity contribution < 1.29 is 8.78 Å². The van der Waals surface area contributed by atoms with Crippen molar-refractivity contribution in [1.29, 1.82) is 0 Å². The van der Waals surface area contributed by atoms with Gasteiger partial charge in [-0.05, 0) is 30.2 Å². The minimum atomic E-state index is -0.987. The van der Waals surface area contributed by atoms with Crippen LogP contribution in [-0.4, -0.2) is 11.5 Å². The Bertz CT molecular complexity index is 700. The molecular weight excluding hydrogens is 278 g/mol. The smallest absolute Gasteiger partial charge is 0.183 e. The van der Waals surface area contributed by atoms with Crippen LogP contribution in [0.4, 0.5) is 20.2 Å². The van der Waals surface area contributed by atoms with Crippen LogP contribution < -0.4 is 10.6 Å². The van der Waals surface area contributed by atoms with Gasteiger partial charge in [0.15, 0.2) is 11.6 Å². The Hall–Kier alpha value is -2.01.